The Labute approximate surface area is 120 Å². The van der Waals surface area contributed by atoms with Gasteiger partial charge < -0.3 is 10.1 Å². The van der Waals surface area contributed by atoms with E-state index in [0.717, 1.165) is 5.56 Å². The summed E-state index contributed by atoms with van der Waals surface area (Å²) in [4.78, 5) is 0. The monoisotopic (exact) mass is 305 g/mol. The zero-order valence-corrected chi connectivity index (χ0v) is 13.4. The molecule has 1 atom stereocenters. The Morgan fingerprint density at radius 2 is 1.95 bits per heavy atom. The highest BCUT2D eigenvalue weighted by molar-refractivity contribution is 7.92. The second-order valence-corrected chi connectivity index (χ2v) is 8.00. The maximum Gasteiger partial charge on any atom is 0.154 e. The summed E-state index contributed by atoms with van der Waals surface area (Å²) in [6, 6.07) is 4.93. The van der Waals surface area contributed by atoms with Crippen molar-refractivity contribution in [3.63, 3.8) is 0 Å². The van der Waals surface area contributed by atoms with Gasteiger partial charge >= 0.3 is 0 Å². The number of nitrogens with one attached hydrogen (secondary N) is 1. The summed E-state index contributed by atoms with van der Waals surface area (Å²) in [7, 11) is 0.0432. The van der Waals surface area contributed by atoms with Gasteiger partial charge in [-0.15, -0.1) is 0 Å². The van der Waals surface area contributed by atoms with Gasteiger partial charge in [0.05, 0.1) is 22.9 Å². The maximum atomic E-state index is 11.9. The highest BCUT2D eigenvalue weighted by Crippen LogP contribution is 2.35. The zero-order valence-electron chi connectivity index (χ0n) is 11.8. The highest BCUT2D eigenvalue weighted by atomic mass is 35.5. The number of rotatable bonds is 5. The Morgan fingerprint density at radius 1 is 1.37 bits per heavy atom. The highest BCUT2D eigenvalue weighted by Gasteiger charge is 2.39. The van der Waals surface area contributed by atoms with Gasteiger partial charge in [-0.1, -0.05) is 17.7 Å². The summed E-state index contributed by atoms with van der Waals surface area (Å²) < 4.78 is 28.0. The molecule has 0 radical (unpaired) electrons. The molecule has 0 spiro atoms. The quantitative estimate of drug-likeness (QED) is 0.908. The van der Waals surface area contributed by atoms with Crippen LogP contribution in [0.3, 0.4) is 0 Å². The Hall–Kier alpha value is -0.780. The van der Waals surface area contributed by atoms with Gasteiger partial charge in [0, 0.05) is 6.26 Å². The topological polar surface area (TPSA) is 55.4 Å². The van der Waals surface area contributed by atoms with Crippen molar-refractivity contribution in [1.29, 1.82) is 0 Å². The molecule has 19 heavy (non-hydrogen) atoms. The van der Waals surface area contributed by atoms with Crippen LogP contribution in [0.4, 0.5) is 0 Å². The van der Waals surface area contributed by atoms with Crippen molar-refractivity contribution in [2.75, 3.05) is 20.4 Å². The summed E-state index contributed by atoms with van der Waals surface area (Å²) in [6.45, 7) is 3.39. The van der Waals surface area contributed by atoms with Gasteiger partial charge in [0.25, 0.3) is 0 Å². The summed E-state index contributed by atoms with van der Waals surface area (Å²) in [5.74, 6) is 0.567. The lowest BCUT2D eigenvalue weighted by molar-refractivity contribution is 0.413. The Balaban J connectivity index is 3.29. The molecular formula is C13H20ClNO3S. The van der Waals surface area contributed by atoms with E-state index in [1.165, 1.54) is 13.4 Å². The Kier molecular flexibility index (Phi) is 4.87. The maximum absolute atomic E-state index is 11.9. The fourth-order valence-electron chi connectivity index (χ4n) is 1.99. The van der Waals surface area contributed by atoms with Crippen LogP contribution < -0.4 is 10.1 Å². The van der Waals surface area contributed by atoms with E-state index in [1.807, 2.05) is 6.07 Å². The van der Waals surface area contributed by atoms with Crippen LogP contribution in [0.1, 0.15) is 25.5 Å². The minimum absolute atomic E-state index is 0.356. The van der Waals surface area contributed by atoms with Gasteiger partial charge in [-0.2, -0.15) is 0 Å². The molecule has 1 aromatic carbocycles. The third-order valence-corrected chi connectivity index (χ3v) is 5.89. The van der Waals surface area contributed by atoms with Gasteiger partial charge in [-0.3, -0.25) is 0 Å². The first kappa shape index (κ1) is 16.3. The Bertz CT molecular complexity index is 555. The van der Waals surface area contributed by atoms with Crippen molar-refractivity contribution in [3.8, 4) is 5.75 Å². The van der Waals surface area contributed by atoms with E-state index in [1.54, 1.807) is 33.0 Å². The smallest absolute Gasteiger partial charge is 0.154 e. The van der Waals surface area contributed by atoms with Crippen LogP contribution in [0.25, 0.3) is 0 Å². The largest absolute Gasteiger partial charge is 0.495 e. The number of halogens is 1. The number of hydrogen-bond donors (Lipinski definition) is 1. The zero-order chi connectivity index (χ0) is 14.8. The van der Waals surface area contributed by atoms with E-state index >= 15 is 0 Å². The molecule has 0 saturated heterocycles. The van der Waals surface area contributed by atoms with Crippen molar-refractivity contribution in [1.82, 2.24) is 5.32 Å². The van der Waals surface area contributed by atoms with Gasteiger partial charge in [0.1, 0.15) is 5.75 Å². The third-order valence-electron chi connectivity index (χ3n) is 3.45. The molecule has 0 amide bonds. The molecule has 1 N–H and O–H groups in total. The summed E-state index contributed by atoms with van der Waals surface area (Å²) in [6.07, 6.45) is 1.24. The molecule has 0 fully saturated rings. The van der Waals surface area contributed by atoms with Crippen molar-refractivity contribution >= 4 is 21.4 Å². The Morgan fingerprint density at radius 3 is 2.32 bits per heavy atom. The first-order chi connectivity index (χ1) is 8.65. The molecule has 0 saturated carbocycles. The van der Waals surface area contributed by atoms with E-state index in [0.29, 0.717) is 10.8 Å². The van der Waals surface area contributed by atoms with Gasteiger partial charge in [-0.25, -0.2) is 8.42 Å². The van der Waals surface area contributed by atoms with Gasteiger partial charge in [0.2, 0.25) is 0 Å². The molecule has 0 heterocycles. The fourth-order valence-corrected chi connectivity index (χ4v) is 2.94. The van der Waals surface area contributed by atoms with E-state index in [9.17, 15) is 8.42 Å². The molecular weight excluding hydrogens is 286 g/mol. The minimum atomic E-state index is -3.23. The van der Waals surface area contributed by atoms with Crippen LogP contribution in [0.15, 0.2) is 18.2 Å². The molecule has 0 aromatic heterocycles. The fraction of sp³-hybridized carbons (Fsp3) is 0.538. The molecule has 4 nitrogen and oxygen atoms in total. The first-order valence-electron chi connectivity index (χ1n) is 5.85. The molecule has 1 unspecified atom stereocenters. The average molecular weight is 306 g/mol. The second kappa shape index (κ2) is 5.69. The van der Waals surface area contributed by atoms with Crippen LogP contribution in [0.2, 0.25) is 5.02 Å². The molecule has 6 heteroatoms. The third kappa shape index (κ3) is 3.22. The van der Waals surface area contributed by atoms with E-state index in [4.69, 9.17) is 16.3 Å². The SMILES string of the molecule is CNC(c1ccc(OC)c(Cl)c1)C(C)(C)S(C)(=O)=O. The molecule has 0 bridgehead atoms. The van der Waals surface area contributed by atoms with Crippen molar-refractivity contribution < 1.29 is 13.2 Å². The summed E-state index contributed by atoms with van der Waals surface area (Å²) >= 11 is 6.09. The molecule has 0 aliphatic rings. The standard InChI is InChI=1S/C13H20ClNO3S/c1-13(2,19(5,16)17)12(15-3)9-6-7-11(18-4)10(14)8-9/h6-8,12,15H,1-5H3. The number of ether oxygens (including phenoxy) is 1. The summed E-state index contributed by atoms with van der Waals surface area (Å²) in [5.41, 5.74) is 0.809. The lowest BCUT2D eigenvalue weighted by Gasteiger charge is -2.33. The predicted molar refractivity (Wildman–Crippen MR) is 78.7 cm³/mol. The first-order valence-corrected chi connectivity index (χ1v) is 8.12. The average Bonchev–Trinajstić information content (AvgIpc) is 2.28. The van der Waals surface area contributed by atoms with E-state index in [2.05, 4.69) is 5.32 Å². The van der Waals surface area contributed by atoms with Crippen LogP contribution in [-0.4, -0.2) is 33.6 Å². The number of sulfone groups is 1. The molecule has 1 rings (SSSR count). The normalized spacial score (nSPS) is 14.2. The minimum Gasteiger partial charge on any atom is -0.495 e. The van der Waals surface area contributed by atoms with E-state index in [-0.39, 0.29) is 6.04 Å². The number of methoxy groups -OCH3 is 1. The van der Waals surface area contributed by atoms with Gasteiger partial charge in [-0.05, 0) is 38.6 Å². The van der Waals surface area contributed by atoms with Crippen molar-refractivity contribution in [2.24, 2.45) is 0 Å². The van der Waals surface area contributed by atoms with E-state index < -0.39 is 14.6 Å². The van der Waals surface area contributed by atoms with Crippen LogP contribution in [-0.2, 0) is 9.84 Å². The van der Waals surface area contributed by atoms with Crippen LogP contribution in [0, 0.1) is 0 Å². The van der Waals surface area contributed by atoms with Crippen molar-refractivity contribution in [3.05, 3.63) is 28.8 Å². The molecule has 0 aliphatic heterocycles. The van der Waals surface area contributed by atoms with Gasteiger partial charge in [0.15, 0.2) is 9.84 Å². The van der Waals surface area contributed by atoms with Crippen LogP contribution >= 0.6 is 11.6 Å². The molecule has 0 aliphatic carbocycles. The van der Waals surface area contributed by atoms with Crippen LogP contribution in [0.5, 0.6) is 5.75 Å². The lowest BCUT2D eigenvalue weighted by atomic mass is 9.95. The van der Waals surface area contributed by atoms with Crippen molar-refractivity contribution in [2.45, 2.75) is 24.6 Å². The number of hydrogen-bond acceptors (Lipinski definition) is 4. The second-order valence-electron chi connectivity index (χ2n) is 4.99. The predicted octanol–water partition coefficient (Wildman–Crippen LogP) is 2.43. The molecule has 1 aromatic rings. The lowest BCUT2D eigenvalue weighted by Crippen LogP contribution is -2.43. The molecule has 108 valence electrons. The summed E-state index contributed by atoms with van der Waals surface area (Å²) in [5, 5.41) is 3.51. The number of benzene rings is 1.